The molecule has 0 radical (unpaired) electrons. The van der Waals surface area contributed by atoms with E-state index in [1.165, 1.54) is 12.2 Å². The van der Waals surface area contributed by atoms with E-state index < -0.39 is 0 Å². The van der Waals surface area contributed by atoms with Gasteiger partial charge in [0.2, 0.25) is 0 Å². The second kappa shape index (κ2) is 7.78. The Hall–Kier alpha value is -2.88. The summed E-state index contributed by atoms with van der Waals surface area (Å²) >= 11 is 0. The fourth-order valence-corrected chi connectivity index (χ4v) is 1.83. The Morgan fingerprint density at radius 2 is 1.77 bits per heavy atom. The summed E-state index contributed by atoms with van der Waals surface area (Å²) in [6, 6.07) is 11.0. The van der Waals surface area contributed by atoms with Crippen molar-refractivity contribution in [3.8, 4) is 11.5 Å². The number of allylic oxidation sites excluding steroid dienone is 2. The summed E-state index contributed by atoms with van der Waals surface area (Å²) in [5.41, 5.74) is 1.60. The highest BCUT2D eigenvalue weighted by Gasteiger charge is 2.02. The Bertz CT molecular complexity index is 691. The summed E-state index contributed by atoms with van der Waals surface area (Å²) in [5, 5.41) is 0. The van der Waals surface area contributed by atoms with Crippen molar-refractivity contribution in [1.82, 2.24) is 4.98 Å². The molecule has 0 saturated carbocycles. The maximum absolute atomic E-state index is 11.8. The van der Waals surface area contributed by atoms with Crippen molar-refractivity contribution in [2.45, 2.75) is 0 Å². The average Bonchev–Trinajstić information content (AvgIpc) is 2.58. The van der Waals surface area contributed by atoms with Gasteiger partial charge in [0.15, 0.2) is 17.3 Å². The highest BCUT2D eigenvalue weighted by Crippen LogP contribution is 2.27. The third-order valence-electron chi connectivity index (χ3n) is 2.95. The Balaban J connectivity index is 2.05. The van der Waals surface area contributed by atoms with Gasteiger partial charge < -0.3 is 9.47 Å². The zero-order valence-electron chi connectivity index (χ0n) is 12.5. The number of hydrogen-bond donors (Lipinski definition) is 0. The second-order valence-corrected chi connectivity index (χ2v) is 4.44. The van der Waals surface area contributed by atoms with Crippen LogP contribution in [0.2, 0.25) is 0 Å². The summed E-state index contributed by atoms with van der Waals surface area (Å²) in [7, 11) is 3.16. The van der Waals surface area contributed by atoms with E-state index in [0.29, 0.717) is 11.5 Å². The van der Waals surface area contributed by atoms with Gasteiger partial charge in [-0.1, -0.05) is 18.2 Å². The molecule has 2 aromatic rings. The van der Waals surface area contributed by atoms with Crippen molar-refractivity contribution in [2.75, 3.05) is 14.2 Å². The normalized spacial score (nSPS) is 11.0. The fourth-order valence-electron chi connectivity index (χ4n) is 1.83. The first-order valence-corrected chi connectivity index (χ1v) is 6.76. The van der Waals surface area contributed by atoms with Crippen molar-refractivity contribution in [2.24, 2.45) is 0 Å². The number of carbonyl (C=O) groups excluding carboxylic acids is 1. The van der Waals surface area contributed by atoms with E-state index in [4.69, 9.17) is 9.47 Å². The Morgan fingerprint density at radius 3 is 2.45 bits per heavy atom. The van der Waals surface area contributed by atoms with Crippen LogP contribution in [0.5, 0.6) is 11.5 Å². The molecule has 1 aromatic heterocycles. The first kappa shape index (κ1) is 15.5. The van der Waals surface area contributed by atoms with E-state index in [1.807, 2.05) is 30.3 Å². The van der Waals surface area contributed by atoms with Crippen LogP contribution in [-0.2, 0) is 4.79 Å². The van der Waals surface area contributed by atoms with Crippen LogP contribution in [0.3, 0.4) is 0 Å². The molecule has 1 aromatic carbocycles. The van der Waals surface area contributed by atoms with Crippen molar-refractivity contribution < 1.29 is 14.3 Å². The van der Waals surface area contributed by atoms with Gasteiger partial charge in [-0.3, -0.25) is 9.78 Å². The lowest BCUT2D eigenvalue weighted by molar-refractivity contribution is -0.110. The van der Waals surface area contributed by atoms with E-state index in [2.05, 4.69) is 4.98 Å². The molecule has 4 heteroatoms. The molecule has 0 aliphatic rings. The minimum Gasteiger partial charge on any atom is -0.493 e. The predicted octanol–water partition coefficient (Wildman–Crippen LogP) is 3.39. The lowest BCUT2D eigenvalue weighted by atomic mass is 10.1. The number of rotatable bonds is 6. The summed E-state index contributed by atoms with van der Waals surface area (Å²) < 4.78 is 10.4. The fraction of sp³-hybridized carbons (Fsp3) is 0.111. The molecule has 0 spiro atoms. The van der Waals surface area contributed by atoms with Crippen LogP contribution < -0.4 is 9.47 Å². The van der Waals surface area contributed by atoms with Gasteiger partial charge in [0.05, 0.1) is 19.9 Å². The molecule has 0 amide bonds. The molecule has 112 valence electrons. The van der Waals surface area contributed by atoms with Gasteiger partial charge in [-0.15, -0.1) is 0 Å². The van der Waals surface area contributed by atoms with Gasteiger partial charge in [-0.05, 0) is 48.1 Å². The van der Waals surface area contributed by atoms with Crippen LogP contribution in [0.1, 0.15) is 11.3 Å². The highest BCUT2D eigenvalue weighted by atomic mass is 16.5. The molecule has 0 aliphatic carbocycles. The van der Waals surface area contributed by atoms with Gasteiger partial charge >= 0.3 is 0 Å². The molecule has 0 unspecified atom stereocenters. The minimum absolute atomic E-state index is 0.111. The minimum atomic E-state index is -0.111. The van der Waals surface area contributed by atoms with E-state index in [9.17, 15) is 4.79 Å². The number of hydrogen-bond acceptors (Lipinski definition) is 4. The molecule has 1 heterocycles. The van der Waals surface area contributed by atoms with Crippen molar-refractivity contribution in [3.05, 3.63) is 66.0 Å². The first-order chi connectivity index (χ1) is 10.7. The van der Waals surface area contributed by atoms with Gasteiger partial charge in [-0.25, -0.2) is 0 Å². The lowest BCUT2D eigenvalue weighted by Crippen LogP contribution is -1.91. The molecule has 2 rings (SSSR count). The van der Waals surface area contributed by atoms with E-state index in [0.717, 1.165) is 11.3 Å². The maximum Gasteiger partial charge on any atom is 0.178 e. The summed E-state index contributed by atoms with van der Waals surface area (Å²) in [6.45, 7) is 0. The molecule has 0 N–H and O–H groups in total. The van der Waals surface area contributed by atoms with E-state index in [1.54, 1.807) is 38.6 Å². The number of ketones is 1. The number of aromatic nitrogens is 1. The molecule has 0 aliphatic heterocycles. The second-order valence-electron chi connectivity index (χ2n) is 4.44. The van der Waals surface area contributed by atoms with Crippen LogP contribution in [-0.4, -0.2) is 25.0 Å². The molecule has 0 fully saturated rings. The predicted molar refractivity (Wildman–Crippen MR) is 86.9 cm³/mol. The van der Waals surface area contributed by atoms with Crippen molar-refractivity contribution >= 4 is 17.9 Å². The monoisotopic (exact) mass is 295 g/mol. The Morgan fingerprint density at radius 1 is 1.00 bits per heavy atom. The largest absolute Gasteiger partial charge is 0.493 e. The average molecular weight is 295 g/mol. The third-order valence-corrected chi connectivity index (χ3v) is 2.95. The number of pyridine rings is 1. The maximum atomic E-state index is 11.8. The number of nitrogens with zero attached hydrogens (tertiary/aromatic N) is 1. The van der Waals surface area contributed by atoms with E-state index in [-0.39, 0.29) is 5.78 Å². The third kappa shape index (κ3) is 4.31. The van der Waals surface area contributed by atoms with Crippen LogP contribution >= 0.6 is 0 Å². The zero-order chi connectivity index (χ0) is 15.8. The smallest absolute Gasteiger partial charge is 0.178 e. The SMILES string of the molecule is COc1ccc(/C=C/C(=O)/C=C/c2ccccn2)cc1OC. The molecule has 0 bridgehead atoms. The quantitative estimate of drug-likeness (QED) is 0.766. The molecule has 4 nitrogen and oxygen atoms in total. The molecular formula is C18H17NO3. The lowest BCUT2D eigenvalue weighted by Gasteiger charge is -2.07. The van der Waals surface area contributed by atoms with Crippen LogP contribution in [0, 0.1) is 0 Å². The molecule has 0 saturated heterocycles. The van der Waals surface area contributed by atoms with Crippen LogP contribution in [0.4, 0.5) is 0 Å². The standard InChI is InChI=1S/C18H17NO3/c1-21-17-11-7-14(13-18(17)22-2)6-9-16(20)10-8-15-5-3-4-12-19-15/h3-13H,1-2H3/b9-6+,10-8+. The molecular weight excluding hydrogens is 278 g/mol. The Kier molecular flexibility index (Phi) is 5.49. The summed E-state index contributed by atoms with van der Waals surface area (Å²) in [5.74, 6) is 1.17. The van der Waals surface area contributed by atoms with Gasteiger partial charge in [-0.2, -0.15) is 0 Å². The number of ether oxygens (including phenoxy) is 2. The number of methoxy groups -OCH3 is 2. The number of carbonyl (C=O) groups is 1. The topological polar surface area (TPSA) is 48.4 Å². The van der Waals surface area contributed by atoms with Crippen molar-refractivity contribution in [3.63, 3.8) is 0 Å². The number of benzene rings is 1. The molecule has 0 atom stereocenters. The van der Waals surface area contributed by atoms with Crippen LogP contribution in [0.15, 0.2) is 54.7 Å². The highest BCUT2D eigenvalue weighted by molar-refractivity contribution is 6.04. The zero-order valence-corrected chi connectivity index (χ0v) is 12.5. The van der Waals surface area contributed by atoms with Gasteiger partial charge in [0, 0.05) is 6.20 Å². The van der Waals surface area contributed by atoms with Crippen molar-refractivity contribution in [1.29, 1.82) is 0 Å². The summed E-state index contributed by atoms with van der Waals surface area (Å²) in [6.07, 6.45) is 8.08. The first-order valence-electron chi connectivity index (χ1n) is 6.76. The molecule has 22 heavy (non-hydrogen) atoms. The Labute approximate surface area is 129 Å². The van der Waals surface area contributed by atoms with Gasteiger partial charge in [0.1, 0.15) is 0 Å². The van der Waals surface area contributed by atoms with Crippen LogP contribution in [0.25, 0.3) is 12.2 Å². The summed E-state index contributed by atoms with van der Waals surface area (Å²) in [4.78, 5) is 15.9. The van der Waals surface area contributed by atoms with E-state index >= 15 is 0 Å². The van der Waals surface area contributed by atoms with Gasteiger partial charge in [0.25, 0.3) is 0 Å².